The second-order valence-corrected chi connectivity index (χ2v) is 6.77. The molecular formula is C17H20N2O3S. The molecule has 0 fully saturated rings. The number of benzene rings is 1. The fraction of sp³-hybridized carbons (Fsp3) is 0.412. The molecule has 1 aliphatic rings. The lowest BCUT2D eigenvalue weighted by molar-refractivity contribution is -0.119. The molecule has 1 amide bonds. The summed E-state index contributed by atoms with van der Waals surface area (Å²) < 4.78 is 7.49. The van der Waals surface area contributed by atoms with E-state index in [1.54, 1.807) is 9.47 Å². The van der Waals surface area contributed by atoms with Crippen molar-refractivity contribution in [2.75, 3.05) is 11.4 Å². The highest BCUT2D eigenvalue weighted by molar-refractivity contribution is 7.07. The van der Waals surface area contributed by atoms with Crippen molar-refractivity contribution in [2.45, 2.75) is 39.8 Å². The molecule has 0 N–H and O–H groups in total. The van der Waals surface area contributed by atoms with E-state index in [4.69, 9.17) is 4.74 Å². The Kier molecular flexibility index (Phi) is 4.26. The summed E-state index contributed by atoms with van der Waals surface area (Å²) in [6, 6.07) is 5.86. The van der Waals surface area contributed by atoms with Crippen LogP contribution in [0.1, 0.15) is 24.6 Å². The number of hydrogen-bond donors (Lipinski definition) is 0. The molecule has 1 aromatic carbocycles. The molecule has 0 bridgehead atoms. The minimum absolute atomic E-state index is 0.0123. The van der Waals surface area contributed by atoms with Crippen LogP contribution in [0.15, 0.2) is 28.4 Å². The van der Waals surface area contributed by atoms with E-state index in [0.29, 0.717) is 19.5 Å². The van der Waals surface area contributed by atoms with Gasteiger partial charge >= 0.3 is 4.87 Å². The Labute approximate surface area is 139 Å². The molecule has 0 radical (unpaired) electrons. The Morgan fingerprint density at radius 3 is 2.87 bits per heavy atom. The molecule has 0 spiro atoms. The fourth-order valence-electron chi connectivity index (χ4n) is 2.80. The van der Waals surface area contributed by atoms with Crippen molar-refractivity contribution >= 4 is 22.9 Å². The maximum Gasteiger partial charge on any atom is 0.307 e. The van der Waals surface area contributed by atoms with Crippen LogP contribution in [-0.2, 0) is 11.3 Å². The third kappa shape index (κ3) is 3.17. The number of amides is 1. The van der Waals surface area contributed by atoms with E-state index in [1.807, 2.05) is 44.4 Å². The molecule has 0 aliphatic carbocycles. The van der Waals surface area contributed by atoms with E-state index in [2.05, 4.69) is 0 Å². The summed E-state index contributed by atoms with van der Waals surface area (Å²) in [5.74, 6) is 0.767. The largest absolute Gasteiger partial charge is 0.487 e. The molecule has 23 heavy (non-hydrogen) atoms. The molecule has 0 saturated heterocycles. The van der Waals surface area contributed by atoms with Gasteiger partial charge in [-0.25, -0.2) is 0 Å². The van der Waals surface area contributed by atoms with Gasteiger partial charge in [-0.05, 0) is 38.5 Å². The topological polar surface area (TPSA) is 51.5 Å². The van der Waals surface area contributed by atoms with Crippen LogP contribution in [0.25, 0.3) is 0 Å². The second kappa shape index (κ2) is 6.20. The number of carbonyl (C=O) groups excluding carboxylic acids is 1. The first kappa shape index (κ1) is 15.8. The van der Waals surface area contributed by atoms with Crippen molar-refractivity contribution in [3.8, 4) is 5.75 Å². The number of anilines is 1. The average Bonchev–Trinajstić information content (AvgIpc) is 2.82. The number of aryl methyl sites for hydroxylation is 2. The zero-order chi connectivity index (χ0) is 16.6. The molecular weight excluding hydrogens is 312 g/mol. The maximum atomic E-state index is 12.7. The first-order valence-electron chi connectivity index (χ1n) is 7.68. The normalized spacial score (nSPS) is 16.8. The Morgan fingerprint density at radius 2 is 2.17 bits per heavy atom. The summed E-state index contributed by atoms with van der Waals surface area (Å²) in [6.07, 6.45) is 0.260. The quantitative estimate of drug-likeness (QED) is 0.868. The van der Waals surface area contributed by atoms with Gasteiger partial charge < -0.3 is 14.2 Å². The van der Waals surface area contributed by atoms with Crippen molar-refractivity contribution < 1.29 is 9.53 Å². The van der Waals surface area contributed by atoms with E-state index >= 15 is 0 Å². The summed E-state index contributed by atoms with van der Waals surface area (Å²) in [7, 11) is 0. The number of ether oxygens (including phenoxy) is 1. The number of fused-ring (bicyclic) bond motifs is 1. The standard InChI is InChI=1S/C17H20N2O3S/c1-11-4-5-14-15(8-11)22-13(3)9-19(14)16(20)6-7-18-12(2)10-23-17(18)21/h4-5,8,10,13H,6-7,9H2,1-3H3/t13-/m1/s1. The molecule has 1 aromatic heterocycles. The predicted molar refractivity (Wildman–Crippen MR) is 91.6 cm³/mol. The van der Waals surface area contributed by atoms with Crippen LogP contribution < -0.4 is 14.5 Å². The predicted octanol–water partition coefficient (Wildman–Crippen LogP) is 2.73. The molecule has 0 unspecified atom stereocenters. The molecule has 1 atom stereocenters. The SMILES string of the molecule is Cc1ccc2c(c1)O[C@H](C)CN2C(=O)CCn1c(C)csc1=O. The van der Waals surface area contributed by atoms with Gasteiger partial charge in [0, 0.05) is 24.0 Å². The van der Waals surface area contributed by atoms with E-state index in [1.165, 1.54) is 11.3 Å². The van der Waals surface area contributed by atoms with Crippen LogP contribution in [0.2, 0.25) is 0 Å². The van der Waals surface area contributed by atoms with Gasteiger partial charge in [-0.15, -0.1) is 0 Å². The molecule has 2 heterocycles. The van der Waals surface area contributed by atoms with E-state index < -0.39 is 0 Å². The summed E-state index contributed by atoms with van der Waals surface area (Å²) in [5.41, 5.74) is 2.82. The fourth-order valence-corrected chi connectivity index (χ4v) is 3.56. The highest BCUT2D eigenvalue weighted by Gasteiger charge is 2.27. The lowest BCUT2D eigenvalue weighted by atomic mass is 10.1. The minimum atomic E-state index is -0.0427. The summed E-state index contributed by atoms with van der Waals surface area (Å²) >= 11 is 1.17. The van der Waals surface area contributed by atoms with E-state index in [-0.39, 0.29) is 16.9 Å². The highest BCUT2D eigenvalue weighted by Crippen LogP contribution is 2.34. The second-order valence-electron chi connectivity index (χ2n) is 5.95. The van der Waals surface area contributed by atoms with Crippen molar-refractivity contribution in [1.82, 2.24) is 4.57 Å². The van der Waals surface area contributed by atoms with Crippen molar-refractivity contribution in [3.63, 3.8) is 0 Å². The molecule has 122 valence electrons. The van der Waals surface area contributed by atoms with Crippen LogP contribution >= 0.6 is 11.3 Å². The Morgan fingerprint density at radius 1 is 1.39 bits per heavy atom. The Bertz CT molecular complexity index is 793. The molecule has 3 rings (SSSR count). The van der Waals surface area contributed by atoms with Gasteiger partial charge in [0.25, 0.3) is 0 Å². The van der Waals surface area contributed by atoms with Crippen LogP contribution in [0, 0.1) is 13.8 Å². The minimum Gasteiger partial charge on any atom is -0.487 e. The summed E-state index contributed by atoms with van der Waals surface area (Å²) in [4.78, 5) is 26.2. The van der Waals surface area contributed by atoms with E-state index in [0.717, 1.165) is 22.7 Å². The van der Waals surface area contributed by atoms with Gasteiger partial charge in [-0.2, -0.15) is 0 Å². The first-order valence-corrected chi connectivity index (χ1v) is 8.56. The zero-order valence-electron chi connectivity index (χ0n) is 13.5. The van der Waals surface area contributed by atoms with Gasteiger partial charge in [0.1, 0.15) is 11.9 Å². The Balaban J connectivity index is 1.79. The van der Waals surface area contributed by atoms with Gasteiger partial charge in [0.15, 0.2) is 0 Å². The average molecular weight is 332 g/mol. The molecule has 2 aromatic rings. The molecule has 5 nitrogen and oxygen atoms in total. The van der Waals surface area contributed by atoms with Gasteiger partial charge in [-0.1, -0.05) is 17.4 Å². The van der Waals surface area contributed by atoms with Gasteiger partial charge in [-0.3, -0.25) is 9.59 Å². The Hall–Kier alpha value is -2.08. The van der Waals surface area contributed by atoms with E-state index in [9.17, 15) is 9.59 Å². The first-order chi connectivity index (χ1) is 11.0. The molecule has 6 heteroatoms. The molecule has 0 saturated carbocycles. The number of nitrogens with zero attached hydrogens (tertiary/aromatic N) is 2. The smallest absolute Gasteiger partial charge is 0.307 e. The number of thiazole rings is 1. The molecule has 1 aliphatic heterocycles. The van der Waals surface area contributed by atoms with Crippen LogP contribution in [0.4, 0.5) is 5.69 Å². The van der Waals surface area contributed by atoms with Crippen LogP contribution in [0.3, 0.4) is 0 Å². The number of rotatable bonds is 3. The van der Waals surface area contributed by atoms with Crippen LogP contribution in [-0.4, -0.2) is 23.1 Å². The van der Waals surface area contributed by atoms with Crippen molar-refractivity contribution in [3.05, 3.63) is 44.5 Å². The summed E-state index contributed by atoms with van der Waals surface area (Å²) in [5, 5.41) is 1.82. The third-order valence-corrected chi connectivity index (χ3v) is 4.88. The monoisotopic (exact) mass is 332 g/mol. The summed E-state index contributed by atoms with van der Waals surface area (Å²) in [6.45, 7) is 6.80. The van der Waals surface area contributed by atoms with Gasteiger partial charge in [0.05, 0.1) is 12.2 Å². The van der Waals surface area contributed by atoms with Crippen molar-refractivity contribution in [1.29, 1.82) is 0 Å². The zero-order valence-corrected chi connectivity index (χ0v) is 14.4. The van der Waals surface area contributed by atoms with Crippen LogP contribution in [0.5, 0.6) is 5.75 Å². The van der Waals surface area contributed by atoms with Gasteiger partial charge in [0.2, 0.25) is 5.91 Å². The van der Waals surface area contributed by atoms with Crippen molar-refractivity contribution in [2.24, 2.45) is 0 Å². The maximum absolute atomic E-state index is 12.7. The number of aromatic nitrogens is 1. The lowest BCUT2D eigenvalue weighted by Crippen LogP contribution is -2.42. The number of carbonyl (C=O) groups is 1. The number of hydrogen-bond acceptors (Lipinski definition) is 4. The third-order valence-electron chi connectivity index (χ3n) is 4.00. The lowest BCUT2D eigenvalue weighted by Gasteiger charge is -2.33. The highest BCUT2D eigenvalue weighted by atomic mass is 32.1.